The van der Waals surface area contributed by atoms with E-state index in [0.717, 1.165) is 12.8 Å². The Hall–Kier alpha value is -1.06. The SMILES string of the molecule is CC(C)[C@H](NC(=O)CC1CC1)C(=O)OC(C)(C)C. The van der Waals surface area contributed by atoms with E-state index < -0.39 is 11.6 Å². The van der Waals surface area contributed by atoms with Gasteiger partial charge < -0.3 is 10.1 Å². The molecular weight excluding hydrogens is 230 g/mol. The van der Waals surface area contributed by atoms with Crippen LogP contribution in [0.2, 0.25) is 0 Å². The number of nitrogens with one attached hydrogen (secondary N) is 1. The number of ether oxygens (including phenoxy) is 1. The second-order valence-electron chi connectivity index (χ2n) is 6.47. The molecule has 4 heteroatoms. The van der Waals surface area contributed by atoms with Crippen molar-refractivity contribution in [3.05, 3.63) is 0 Å². The Morgan fingerprint density at radius 1 is 1.28 bits per heavy atom. The Morgan fingerprint density at radius 2 is 1.83 bits per heavy atom. The highest BCUT2D eigenvalue weighted by atomic mass is 16.6. The van der Waals surface area contributed by atoms with Crippen molar-refractivity contribution in [2.45, 2.75) is 65.5 Å². The third-order valence-corrected chi connectivity index (χ3v) is 2.81. The van der Waals surface area contributed by atoms with Gasteiger partial charge in [-0.05, 0) is 45.4 Å². The molecule has 0 bridgehead atoms. The van der Waals surface area contributed by atoms with Crippen molar-refractivity contribution in [2.75, 3.05) is 0 Å². The molecule has 18 heavy (non-hydrogen) atoms. The fourth-order valence-corrected chi connectivity index (χ4v) is 1.68. The highest BCUT2D eigenvalue weighted by Crippen LogP contribution is 2.32. The van der Waals surface area contributed by atoms with E-state index in [0.29, 0.717) is 12.3 Å². The summed E-state index contributed by atoms with van der Waals surface area (Å²) in [4.78, 5) is 23.8. The Balaban J connectivity index is 2.52. The van der Waals surface area contributed by atoms with Crippen LogP contribution in [-0.2, 0) is 14.3 Å². The standard InChI is InChI=1S/C14H25NO3/c1-9(2)12(13(17)18-14(3,4)5)15-11(16)8-10-6-7-10/h9-10,12H,6-8H2,1-5H3,(H,15,16)/t12-/m0/s1. The maximum absolute atomic E-state index is 12.0. The van der Waals surface area contributed by atoms with Crippen LogP contribution in [0.4, 0.5) is 0 Å². The smallest absolute Gasteiger partial charge is 0.329 e. The Labute approximate surface area is 109 Å². The minimum Gasteiger partial charge on any atom is -0.458 e. The van der Waals surface area contributed by atoms with Gasteiger partial charge in [-0.3, -0.25) is 4.79 Å². The molecule has 0 radical (unpaired) electrons. The predicted molar refractivity (Wildman–Crippen MR) is 70.0 cm³/mol. The minimum absolute atomic E-state index is 0.0306. The van der Waals surface area contributed by atoms with Gasteiger partial charge in [-0.15, -0.1) is 0 Å². The molecule has 0 aliphatic heterocycles. The number of amides is 1. The zero-order chi connectivity index (χ0) is 13.9. The zero-order valence-electron chi connectivity index (χ0n) is 12.1. The third-order valence-electron chi connectivity index (χ3n) is 2.81. The highest BCUT2D eigenvalue weighted by molar-refractivity contribution is 5.85. The lowest BCUT2D eigenvalue weighted by molar-refractivity contribution is -0.160. The largest absolute Gasteiger partial charge is 0.458 e. The van der Waals surface area contributed by atoms with Gasteiger partial charge >= 0.3 is 5.97 Å². The lowest BCUT2D eigenvalue weighted by Gasteiger charge is -2.26. The molecule has 1 aliphatic carbocycles. The molecule has 1 saturated carbocycles. The van der Waals surface area contributed by atoms with Gasteiger partial charge in [-0.25, -0.2) is 4.79 Å². The van der Waals surface area contributed by atoms with Gasteiger partial charge in [0.15, 0.2) is 0 Å². The molecule has 1 aliphatic rings. The Morgan fingerprint density at radius 3 is 2.22 bits per heavy atom. The summed E-state index contributed by atoms with van der Waals surface area (Å²) in [6, 6.07) is -0.546. The maximum Gasteiger partial charge on any atom is 0.329 e. The first-order valence-corrected chi connectivity index (χ1v) is 6.71. The molecule has 1 fully saturated rings. The quantitative estimate of drug-likeness (QED) is 0.767. The second kappa shape index (κ2) is 5.72. The van der Waals surface area contributed by atoms with E-state index in [-0.39, 0.29) is 17.8 Å². The van der Waals surface area contributed by atoms with Crippen LogP contribution in [0.1, 0.15) is 53.9 Å². The molecule has 0 heterocycles. The van der Waals surface area contributed by atoms with Gasteiger partial charge in [0.25, 0.3) is 0 Å². The fraction of sp³-hybridized carbons (Fsp3) is 0.857. The van der Waals surface area contributed by atoms with E-state index in [1.165, 1.54) is 0 Å². The Kier molecular flexibility index (Phi) is 4.77. The first-order chi connectivity index (χ1) is 8.19. The number of hydrogen-bond donors (Lipinski definition) is 1. The van der Waals surface area contributed by atoms with Crippen LogP contribution in [0.25, 0.3) is 0 Å². The van der Waals surface area contributed by atoms with E-state index in [1.54, 1.807) is 0 Å². The molecule has 0 aromatic carbocycles. The molecule has 104 valence electrons. The summed E-state index contributed by atoms with van der Waals surface area (Å²) in [5.74, 6) is 0.170. The summed E-state index contributed by atoms with van der Waals surface area (Å²) in [5, 5.41) is 2.80. The van der Waals surface area contributed by atoms with Crippen molar-refractivity contribution in [1.29, 1.82) is 0 Å². The summed E-state index contributed by atoms with van der Waals surface area (Å²) in [7, 11) is 0. The van der Waals surface area contributed by atoms with Crippen LogP contribution < -0.4 is 5.32 Å². The van der Waals surface area contributed by atoms with Gasteiger partial charge in [0.05, 0.1) is 0 Å². The van der Waals surface area contributed by atoms with Crippen LogP contribution in [0, 0.1) is 11.8 Å². The van der Waals surface area contributed by atoms with E-state index in [9.17, 15) is 9.59 Å². The van der Waals surface area contributed by atoms with Crippen molar-refractivity contribution >= 4 is 11.9 Å². The number of esters is 1. The summed E-state index contributed by atoms with van der Waals surface area (Å²) < 4.78 is 5.33. The van der Waals surface area contributed by atoms with E-state index in [2.05, 4.69) is 5.32 Å². The lowest BCUT2D eigenvalue weighted by atomic mass is 10.0. The molecule has 4 nitrogen and oxygen atoms in total. The number of hydrogen-bond acceptors (Lipinski definition) is 3. The van der Waals surface area contributed by atoms with Crippen molar-refractivity contribution in [2.24, 2.45) is 11.8 Å². The maximum atomic E-state index is 12.0. The topological polar surface area (TPSA) is 55.4 Å². The molecule has 1 N–H and O–H groups in total. The van der Waals surface area contributed by atoms with Crippen LogP contribution >= 0.6 is 0 Å². The van der Waals surface area contributed by atoms with Gasteiger partial charge in [-0.2, -0.15) is 0 Å². The van der Waals surface area contributed by atoms with Crippen molar-refractivity contribution < 1.29 is 14.3 Å². The van der Waals surface area contributed by atoms with E-state index >= 15 is 0 Å². The summed E-state index contributed by atoms with van der Waals surface area (Å²) in [6.45, 7) is 9.30. The molecule has 1 atom stereocenters. The monoisotopic (exact) mass is 255 g/mol. The van der Waals surface area contributed by atoms with Gasteiger partial charge in [0, 0.05) is 6.42 Å². The van der Waals surface area contributed by atoms with E-state index in [4.69, 9.17) is 4.74 Å². The Bertz CT molecular complexity index is 313. The van der Waals surface area contributed by atoms with Crippen molar-refractivity contribution in [3.8, 4) is 0 Å². The first kappa shape index (κ1) is 15.0. The van der Waals surface area contributed by atoms with Crippen molar-refractivity contribution in [3.63, 3.8) is 0 Å². The molecule has 1 rings (SSSR count). The molecular formula is C14H25NO3. The normalized spacial score (nSPS) is 17.4. The van der Waals surface area contributed by atoms with Gasteiger partial charge in [0.2, 0.25) is 5.91 Å². The summed E-state index contributed by atoms with van der Waals surface area (Å²) >= 11 is 0. The van der Waals surface area contributed by atoms with Gasteiger partial charge in [0.1, 0.15) is 11.6 Å². The molecule has 1 amide bonds. The molecule has 0 unspecified atom stereocenters. The first-order valence-electron chi connectivity index (χ1n) is 6.71. The second-order valence-corrected chi connectivity index (χ2v) is 6.47. The van der Waals surface area contributed by atoms with Crippen LogP contribution in [0.3, 0.4) is 0 Å². The van der Waals surface area contributed by atoms with Crippen LogP contribution in [0.15, 0.2) is 0 Å². The van der Waals surface area contributed by atoms with Gasteiger partial charge in [-0.1, -0.05) is 13.8 Å². The van der Waals surface area contributed by atoms with Crippen molar-refractivity contribution in [1.82, 2.24) is 5.32 Å². The molecule has 0 aromatic rings. The summed E-state index contributed by atoms with van der Waals surface area (Å²) in [5.41, 5.74) is -0.522. The molecule has 0 saturated heterocycles. The number of carbonyl (C=O) groups excluding carboxylic acids is 2. The molecule has 0 spiro atoms. The third kappa shape index (κ3) is 5.52. The number of carbonyl (C=O) groups is 2. The average Bonchev–Trinajstić information content (AvgIpc) is 2.94. The van der Waals surface area contributed by atoms with Crippen LogP contribution in [-0.4, -0.2) is 23.5 Å². The fourth-order valence-electron chi connectivity index (χ4n) is 1.68. The van der Waals surface area contributed by atoms with Crippen LogP contribution in [0.5, 0.6) is 0 Å². The molecule has 0 aromatic heterocycles. The average molecular weight is 255 g/mol. The highest BCUT2D eigenvalue weighted by Gasteiger charge is 2.31. The predicted octanol–water partition coefficient (Wildman–Crippen LogP) is 2.27. The number of rotatable bonds is 5. The minimum atomic E-state index is -0.546. The zero-order valence-corrected chi connectivity index (χ0v) is 12.1. The van der Waals surface area contributed by atoms with E-state index in [1.807, 2.05) is 34.6 Å². The lowest BCUT2D eigenvalue weighted by Crippen LogP contribution is -2.47. The summed E-state index contributed by atoms with van der Waals surface area (Å²) in [6.07, 6.45) is 2.80.